The van der Waals surface area contributed by atoms with Gasteiger partial charge in [-0.2, -0.15) is 4.31 Å². The van der Waals surface area contributed by atoms with Gasteiger partial charge < -0.3 is 9.47 Å². The number of hydrogen-bond acceptors (Lipinski definition) is 4. The van der Waals surface area contributed by atoms with Crippen LogP contribution in [-0.4, -0.2) is 39.5 Å². The minimum absolute atomic E-state index is 0.0349. The van der Waals surface area contributed by atoms with Crippen LogP contribution in [0, 0.1) is 19.3 Å². The third-order valence-corrected chi connectivity index (χ3v) is 6.54. The molecule has 1 saturated carbocycles. The number of rotatable bonds is 6. The second-order valence-corrected chi connectivity index (χ2v) is 7.88. The minimum Gasteiger partial charge on any atom is -0.493 e. The largest absolute Gasteiger partial charge is 0.493 e. The zero-order valence-corrected chi connectivity index (χ0v) is 15.4. The van der Waals surface area contributed by atoms with Gasteiger partial charge in [-0.25, -0.2) is 8.42 Å². The molecular weight excluding hydrogens is 326 g/mol. The van der Waals surface area contributed by atoms with E-state index in [9.17, 15) is 8.42 Å². The normalized spacial score (nSPS) is 16.0. The van der Waals surface area contributed by atoms with Crippen molar-refractivity contribution >= 4 is 10.0 Å². The molecule has 0 unspecified atom stereocenters. The average molecular weight is 351 g/mol. The van der Waals surface area contributed by atoms with Crippen LogP contribution in [0.15, 0.2) is 17.0 Å². The second-order valence-electron chi connectivity index (χ2n) is 6.02. The van der Waals surface area contributed by atoms with Crippen LogP contribution < -0.4 is 9.47 Å². The number of ether oxygens (including phenoxy) is 2. The first-order valence-corrected chi connectivity index (χ1v) is 9.57. The van der Waals surface area contributed by atoms with E-state index in [1.165, 1.54) is 24.6 Å². The first kappa shape index (κ1) is 18.6. The summed E-state index contributed by atoms with van der Waals surface area (Å²) in [4.78, 5) is 0.223. The Labute approximate surface area is 145 Å². The number of nitrogens with zero attached hydrogens (tertiary/aromatic N) is 1. The maximum absolute atomic E-state index is 13.2. The standard InChI is InChI=1S/C18H25NO4S/c1-5-11-19(15-9-7-6-8-10-15)24(20,21)18-13-17(23-4)16(22-3)12-14(18)2/h1,12-13,15H,6-11H2,2-4H3. The molecule has 132 valence electrons. The zero-order valence-electron chi connectivity index (χ0n) is 14.5. The first-order valence-electron chi connectivity index (χ1n) is 8.13. The van der Waals surface area contributed by atoms with Crippen molar-refractivity contribution in [2.24, 2.45) is 0 Å². The molecule has 1 aromatic rings. The average Bonchev–Trinajstić information content (AvgIpc) is 2.59. The smallest absolute Gasteiger partial charge is 0.244 e. The molecule has 0 heterocycles. The summed E-state index contributed by atoms with van der Waals surface area (Å²) >= 11 is 0. The van der Waals surface area contributed by atoms with E-state index in [-0.39, 0.29) is 17.5 Å². The molecule has 1 aromatic carbocycles. The van der Waals surface area contributed by atoms with E-state index in [1.807, 2.05) is 0 Å². The molecule has 0 amide bonds. The highest BCUT2D eigenvalue weighted by Crippen LogP contribution is 2.35. The Morgan fingerprint density at radius 2 is 1.75 bits per heavy atom. The highest BCUT2D eigenvalue weighted by molar-refractivity contribution is 7.89. The van der Waals surface area contributed by atoms with Crippen molar-refractivity contribution in [2.45, 2.75) is 50.0 Å². The molecule has 1 aliphatic carbocycles. The van der Waals surface area contributed by atoms with Gasteiger partial charge in [0, 0.05) is 12.1 Å². The lowest BCUT2D eigenvalue weighted by atomic mass is 9.95. The molecule has 0 radical (unpaired) electrons. The molecule has 1 aliphatic rings. The molecule has 24 heavy (non-hydrogen) atoms. The van der Waals surface area contributed by atoms with Crippen molar-refractivity contribution in [3.8, 4) is 23.8 Å². The maximum Gasteiger partial charge on any atom is 0.244 e. The summed E-state index contributed by atoms with van der Waals surface area (Å²) in [5, 5.41) is 0. The van der Waals surface area contributed by atoms with Crippen molar-refractivity contribution in [2.75, 3.05) is 20.8 Å². The zero-order chi connectivity index (χ0) is 17.7. The van der Waals surface area contributed by atoms with Crippen LogP contribution in [0.2, 0.25) is 0 Å². The van der Waals surface area contributed by atoms with E-state index >= 15 is 0 Å². The molecule has 0 saturated heterocycles. The third-order valence-electron chi connectivity index (χ3n) is 4.50. The van der Waals surface area contributed by atoms with Crippen LogP contribution in [0.4, 0.5) is 0 Å². The van der Waals surface area contributed by atoms with Gasteiger partial charge in [0.15, 0.2) is 11.5 Å². The Balaban J connectivity index is 2.48. The molecule has 0 bridgehead atoms. The molecule has 5 nitrogen and oxygen atoms in total. The highest BCUT2D eigenvalue weighted by atomic mass is 32.2. The van der Waals surface area contributed by atoms with Gasteiger partial charge in [0.05, 0.1) is 25.7 Å². The Hall–Kier alpha value is -1.71. The van der Waals surface area contributed by atoms with E-state index in [0.29, 0.717) is 17.1 Å². The summed E-state index contributed by atoms with van der Waals surface area (Å²) in [5.41, 5.74) is 0.616. The lowest BCUT2D eigenvalue weighted by molar-refractivity contribution is 0.271. The molecule has 0 aromatic heterocycles. The summed E-state index contributed by atoms with van der Waals surface area (Å²) < 4.78 is 38.5. The van der Waals surface area contributed by atoms with Gasteiger partial charge in [-0.15, -0.1) is 6.42 Å². The summed E-state index contributed by atoms with van der Waals surface area (Å²) in [6.45, 7) is 1.84. The minimum atomic E-state index is -3.70. The second kappa shape index (κ2) is 7.91. The molecule has 1 fully saturated rings. The van der Waals surface area contributed by atoms with Crippen LogP contribution in [0.1, 0.15) is 37.7 Å². The van der Waals surface area contributed by atoms with Gasteiger partial charge in [0.2, 0.25) is 10.0 Å². The van der Waals surface area contributed by atoms with Crippen LogP contribution in [0.3, 0.4) is 0 Å². The lowest BCUT2D eigenvalue weighted by Crippen LogP contribution is -2.41. The fourth-order valence-corrected chi connectivity index (χ4v) is 5.06. The van der Waals surface area contributed by atoms with Crippen molar-refractivity contribution in [3.63, 3.8) is 0 Å². The molecule has 0 atom stereocenters. The van der Waals surface area contributed by atoms with Crippen molar-refractivity contribution in [1.82, 2.24) is 4.31 Å². The van der Waals surface area contributed by atoms with Crippen LogP contribution in [-0.2, 0) is 10.0 Å². The fraction of sp³-hybridized carbons (Fsp3) is 0.556. The molecule has 6 heteroatoms. The van der Waals surface area contributed by atoms with E-state index in [1.54, 1.807) is 13.0 Å². The maximum atomic E-state index is 13.2. The van der Waals surface area contributed by atoms with Gasteiger partial charge >= 0.3 is 0 Å². The SMILES string of the molecule is C#CCN(C1CCCCC1)S(=O)(=O)c1cc(OC)c(OC)cc1C. The Kier molecular flexibility index (Phi) is 6.14. The topological polar surface area (TPSA) is 55.8 Å². The number of methoxy groups -OCH3 is 2. The van der Waals surface area contributed by atoms with Gasteiger partial charge in [-0.1, -0.05) is 25.2 Å². The number of hydrogen-bond donors (Lipinski definition) is 0. The summed E-state index contributed by atoms with van der Waals surface area (Å²) in [6, 6.07) is 3.17. The van der Waals surface area contributed by atoms with Crippen molar-refractivity contribution < 1.29 is 17.9 Å². The quantitative estimate of drug-likeness (QED) is 0.740. The monoisotopic (exact) mass is 351 g/mol. The molecule has 2 rings (SSSR count). The number of terminal acetylenes is 1. The predicted octanol–water partition coefficient (Wildman–Crippen LogP) is 2.97. The van der Waals surface area contributed by atoms with Gasteiger partial charge in [0.1, 0.15) is 0 Å². The Bertz CT molecular complexity index is 715. The van der Waals surface area contributed by atoms with Gasteiger partial charge in [-0.05, 0) is 31.4 Å². The molecule has 0 aliphatic heterocycles. The van der Waals surface area contributed by atoms with E-state index in [0.717, 1.165) is 32.1 Å². The van der Waals surface area contributed by atoms with Gasteiger partial charge in [-0.3, -0.25) is 0 Å². The number of sulfonamides is 1. The Morgan fingerprint density at radius 1 is 1.17 bits per heavy atom. The van der Waals surface area contributed by atoms with Gasteiger partial charge in [0.25, 0.3) is 0 Å². The summed E-state index contributed by atoms with van der Waals surface area (Å²) in [7, 11) is -0.680. The number of aryl methyl sites for hydroxylation is 1. The van der Waals surface area contributed by atoms with Crippen molar-refractivity contribution in [3.05, 3.63) is 17.7 Å². The van der Waals surface area contributed by atoms with Crippen LogP contribution >= 0.6 is 0 Å². The Morgan fingerprint density at radius 3 is 2.29 bits per heavy atom. The van der Waals surface area contributed by atoms with E-state index < -0.39 is 10.0 Å². The molecular formula is C18H25NO4S. The van der Waals surface area contributed by atoms with Crippen molar-refractivity contribution in [1.29, 1.82) is 0 Å². The summed E-state index contributed by atoms with van der Waals surface area (Å²) in [5.74, 6) is 3.41. The molecule has 0 spiro atoms. The van der Waals surface area contributed by atoms with Crippen LogP contribution in [0.5, 0.6) is 11.5 Å². The van der Waals surface area contributed by atoms with E-state index in [4.69, 9.17) is 15.9 Å². The number of benzene rings is 1. The highest BCUT2D eigenvalue weighted by Gasteiger charge is 2.33. The molecule has 0 N–H and O–H groups in total. The lowest BCUT2D eigenvalue weighted by Gasteiger charge is -2.32. The third kappa shape index (κ3) is 3.68. The summed E-state index contributed by atoms with van der Waals surface area (Å²) in [6.07, 6.45) is 10.4. The fourth-order valence-electron chi connectivity index (χ4n) is 3.24. The predicted molar refractivity (Wildman–Crippen MR) is 93.9 cm³/mol. The van der Waals surface area contributed by atoms with Crippen LogP contribution in [0.25, 0.3) is 0 Å². The first-order chi connectivity index (χ1) is 11.5. The van der Waals surface area contributed by atoms with E-state index in [2.05, 4.69) is 5.92 Å².